The van der Waals surface area contributed by atoms with E-state index in [0.717, 1.165) is 12.5 Å². The smallest absolute Gasteiger partial charge is 0.431 e. The molecule has 3 unspecified atom stereocenters. The van der Waals surface area contributed by atoms with E-state index in [0.29, 0.717) is 19.3 Å². The minimum atomic E-state index is -3.65. The van der Waals surface area contributed by atoms with Crippen molar-refractivity contribution in [2.45, 2.75) is 51.7 Å². The average Bonchev–Trinajstić information content (AvgIpc) is 2.40. The first kappa shape index (κ1) is 23.1. The van der Waals surface area contributed by atoms with Crippen LogP contribution in [-0.4, -0.2) is 60.4 Å². The van der Waals surface area contributed by atoms with Gasteiger partial charge in [0.05, 0.1) is 25.7 Å². The number of ether oxygens (including phenoxy) is 2. The molecule has 0 radical (unpaired) electrons. The minimum absolute atomic E-state index is 0.0736. The van der Waals surface area contributed by atoms with Gasteiger partial charge in [0.1, 0.15) is 11.7 Å². The number of hydrogen-bond acceptors (Lipinski definition) is 9. The molecule has 3 atom stereocenters. The zero-order chi connectivity index (χ0) is 20.2. The highest BCUT2D eigenvalue weighted by molar-refractivity contribution is 7.86. The van der Waals surface area contributed by atoms with Crippen molar-refractivity contribution in [3.8, 4) is 0 Å². The standard InChI is InChI=1S/C15H28O9S2/c1-15(2,3)24-14(16)23-13-7-6-11(9-21-25(4,17)18)12(8-13)10-22-26(5,19)20/h11-13H,6-10H2,1-5H3. The van der Waals surface area contributed by atoms with Gasteiger partial charge in [-0.25, -0.2) is 4.79 Å². The summed E-state index contributed by atoms with van der Waals surface area (Å²) in [6, 6.07) is 0. The molecule has 1 fully saturated rings. The average molecular weight is 417 g/mol. The van der Waals surface area contributed by atoms with Crippen molar-refractivity contribution in [2.75, 3.05) is 25.7 Å². The van der Waals surface area contributed by atoms with Crippen molar-refractivity contribution in [1.29, 1.82) is 0 Å². The maximum Gasteiger partial charge on any atom is 0.509 e. The number of carbonyl (C=O) groups is 1. The molecule has 1 saturated carbocycles. The normalized spacial score (nSPS) is 24.9. The third-order valence-electron chi connectivity index (χ3n) is 3.74. The van der Waals surface area contributed by atoms with Crippen LogP contribution >= 0.6 is 0 Å². The summed E-state index contributed by atoms with van der Waals surface area (Å²) in [5, 5.41) is 0. The second-order valence-electron chi connectivity index (χ2n) is 7.51. The lowest BCUT2D eigenvalue weighted by molar-refractivity contribution is -0.0490. The molecule has 0 heterocycles. The second kappa shape index (κ2) is 8.85. The SMILES string of the molecule is CC(C)(C)OC(=O)OC1CCC(COS(C)(=O)=O)C(COS(C)(=O)=O)C1. The van der Waals surface area contributed by atoms with Gasteiger partial charge < -0.3 is 9.47 Å². The van der Waals surface area contributed by atoms with Gasteiger partial charge in [0.2, 0.25) is 0 Å². The molecule has 26 heavy (non-hydrogen) atoms. The molecule has 0 bridgehead atoms. The fraction of sp³-hybridized carbons (Fsp3) is 0.933. The van der Waals surface area contributed by atoms with E-state index < -0.39 is 38.1 Å². The molecular formula is C15H28O9S2. The van der Waals surface area contributed by atoms with Gasteiger partial charge in [0.25, 0.3) is 20.2 Å². The van der Waals surface area contributed by atoms with Gasteiger partial charge in [0, 0.05) is 0 Å². The third-order valence-corrected chi connectivity index (χ3v) is 4.87. The molecule has 0 spiro atoms. The molecule has 9 nitrogen and oxygen atoms in total. The van der Waals surface area contributed by atoms with Crippen molar-refractivity contribution in [1.82, 2.24) is 0 Å². The van der Waals surface area contributed by atoms with Crippen molar-refractivity contribution in [3.05, 3.63) is 0 Å². The Morgan fingerprint density at radius 2 is 1.42 bits per heavy atom. The summed E-state index contributed by atoms with van der Waals surface area (Å²) in [6.45, 7) is 4.95. The van der Waals surface area contributed by atoms with Crippen LogP contribution in [0, 0.1) is 11.8 Å². The summed E-state index contributed by atoms with van der Waals surface area (Å²) in [4.78, 5) is 11.8. The zero-order valence-corrected chi connectivity index (χ0v) is 17.4. The Morgan fingerprint density at radius 1 is 0.923 bits per heavy atom. The summed E-state index contributed by atoms with van der Waals surface area (Å²) in [5.41, 5.74) is -0.684. The maximum atomic E-state index is 11.8. The molecule has 1 aliphatic carbocycles. The Hall–Kier alpha value is -0.910. The second-order valence-corrected chi connectivity index (χ2v) is 10.8. The predicted molar refractivity (Wildman–Crippen MR) is 93.5 cm³/mol. The van der Waals surface area contributed by atoms with E-state index in [9.17, 15) is 21.6 Å². The van der Waals surface area contributed by atoms with Crippen LogP contribution in [0.1, 0.15) is 40.0 Å². The van der Waals surface area contributed by atoms with Crippen molar-refractivity contribution >= 4 is 26.4 Å². The predicted octanol–water partition coefficient (Wildman–Crippen LogP) is 1.68. The zero-order valence-electron chi connectivity index (χ0n) is 15.8. The highest BCUT2D eigenvalue weighted by Crippen LogP contribution is 2.33. The summed E-state index contributed by atoms with van der Waals surface area (Å²) in [5.74, 6) is -0.572. The lowest BCUT2D eigenvalue weighted by Gasteiger charge is -2.35. The molecule has 0 aromatic rings. The van der Waals surface area contributed by atoms with E-state index in [-0.39, 0.29) is 25.0 Å². The Labute approximate surface area is 155 Å². The molecule has 0 aromatic carbocycles. The van der Waals surface area contributed by atoms with Gasteiger partial charge in [-0.05, 0) is 51.9 Å². The summed E-state index contributed by atoms with van der Waals surface area (Å²) in [7, 11) is -7.25. The maximum absolute atomic E-state index is 11.8. The molecule has 0 amide bonds. The first-order valence-electron chi connectivity index (χ1n) is 8.23. The fourth-order valence-corrected chi connectivity index (χ4v) is 3.49. The molecule has 11 heteroatoms. The monoisotopic (exact) mass is 416 g/mol. The van der Waals surface area contributed by atoms with Crippen LogP contribution in [-0.2, 0) is 38.1 Å². The molecule has 0 aliphatic heterocycles. The largest absolute Gasteiger partial charge is 0.509 e. The van der Waals surface area contributed by atoms with Gasteiger partial charge in [0.15, 0.2) is 0 Å². The summed E-state index contributed by atoms with van der Waals surface area (Å²) < 4.78 is 65.1. The van der Waals surface area contributed by atoms with Crippen LogP contribution in [0.3, 0.4) is 0 Å². The van der Waals surface area contributed by atoms with E-state index in [2.05, 4.69) is 0 Å². The fourth-order valence-electron chi connectivity index (χ4n) is 2.65. The van der Waals surface area contributed by atoms with Gasteiger partial charge >= 0.3 is 6.16 Å². The van der Waals surface area contributed by atoms with Gasteiger partial charge in [-0.1, -0.05) is 0 Å². The molecule has 154 valence electrons. The highest BCUT2D eigenvalue weighted by Gasteiger charge is 2.35. The van der Waals surface area contributed by atoms with E-state index in [1.807, 2.05) is 0 Å². The molecule has 1 rings (SSSR count). The van der Waals surface area contributed by atoms with Crippen molar-refractivity contribution in [2.24, 2.45) is 11.8 Å². The Balaban J connectivity index is 2.71. The summed E-state index contributed by atoms with van der Waals surface area (Å²) >= 11 is 0. The molecule has 0 aromatic heterocycles. The molecular weight excluding hydrogens is 388 g/mol. The van der Waals surface area contributed by atoms with Gasteiger partial charge in [-0.15, -0.1) is 0 Å². The lowest BCUT2D eigenvalue weighted by atomic mass is 9.79. The van der Waals surface area contributed by atoms with Crippen LogP contribution in [0.4, 0.5) is 4.79 Å². The van der Waals surface area contributed by atoms with Gasteiger partial charge in [-0.3, -0.25) is 8.37 Å². The minimum Gasteiger partial charge on any atom is -0.431 e. The van der Waals surface area contributed by atoms with Gasteiger partial charge in [-0.2, -0.15) is 16.8 Å². The van der Waals surface area contributed by atoms with Crippen LogP contribution in [0.2, 0.25) is 0 Å². The van der Waals surface area contributed by atoms with Crippen LogP contribution in [0.15, 0.2) is 0 Å². The van der Waals surface area contributed by atoms with Crippen LogP contribution in [0.25, 0.3) is 0 Å². The lowest BCUT2D eigenvalue weighted by Crippen LogP contribution is -2.37. The van der Waals surface area contributed by atoms with E-state index in [4.69, 9.17) is 17.8 Å². The summed E-state index contributed by atoms with van der Waals surface area (Å²) in [6.07, 6.45) is 1.95. The van der Waals surface area contributed by atoms with Crippen LogP contribution in [0.5, 0.6) is 0 Å². The third kappa shape index (κ3) is 10.3. The molecule has 0 N–H and O–H groups in total. The topological polar surface area (TPSA) is 122 Å². The highest BCUT2D eigenvalue weighted by atomic mass is 32.2. The number of rotatable bonds is 7. The quantitative estimate of drug-likeness (QED) is 0.450. The molecule has 0 saturated heterocycles. The van der Waals surface area contributed by atoms with E-state index >= 15 is 0 Å². The van der Waals surface area contributed by atoms with E-state index in [1.165, 1.54) is 0 Å². The first-order chi connectivity index (χ1) is 11.6. The number of hydrogen-bond donors (Lipinski definition) is 0. The Morgan fingerprint density at radius 3 is 1.88 bits per heavy atom. The Bertz CT molecular complexity index is 676. The molecule has 1 aliphatic rings. The Kier molecular flexibility index (Phi) is 7.88. The first-order valence-corrected chi connectivity index (χ1v) is 11.9. The van der Waals surface area contributed by atoms with Crippen molar-refractivity contribution in [3.63, 3.8) is 0 Å². The van der Waals surface area contributed by atoms with Crippen molar-refractivity contribution < 1.29 is 39.5 Å². The number of carbonyl (C=O) groups excluding carboxylic acids is 1. The van der Waals surface area contributed by atoms with Crippen LogP contribution < -0.4 is 0 Å². The van der Waals surface area contributed by atoms with E-state index in [1.54, 1.807) is 20.8 Å².